The lowest BCUT2D eigenvalue weighted by Crippen LogP contribution is -2.34. The molecule has 0 fully saturated rings. The van der Waals surface area contributed by atoms with E-state index in [1.165, 1.54) is 12.1 Å². The molecule has 7 heteroatoms. The van der Waals surface area contributed by atoms with Gasteiger partial charge in [0, 0.05) is 30.9 Å². The molecular weight excluding hydrogens is 359 g/mol. The zero-order valence-corrected chi connectivity index (χ0v) is 14.9. The van der Waals surface area contributed by atoms with Crippen molar-refractivity contribution in [3.8, 4) is 17.7 Å². The molecule has 0 saturated carbocycles. The quantitative estimate of drug-likeness (QED) is 0.683. The van der Waals surface area contributed by atoms with E-state index in [9.17, 15) is 9.18 Å². The smallest absolute Gasteiger partial charge is 0.315 e. The van der Waals surface area contributed by atoms with Gasteiger partial charge in [0.2, 0.25) is 5.88 Å². The lowest BCUT2D eigenvalue weighted by Gasteiger charge is -2.11. The van der Waals surface area contributed by atoms with Crippen molar-refractivity contribution < 1.29 is 13.9 Å². The molecule has 0 aliphatic carbocycles. The monoisotopic (exact) mass is 376 g/mol. The average molecular weight is 376 g/mol. The van der Waals surface area contributed by atoms with Gasteiger partial charge in [-0.25, -0.2) is 14.2 Å². The predicted octanol–water partition coefficient (Wildman–Crippen LogP) is 3.88. The van der Waals surface area contributed by atoms with Crippen LogP contribution in [0.15, 0.2) is 66.9 Å². The number of nitriles is 1. The Kier molecular flexibility index (Phi) is 6.16. The van der Waals surface area contributed by atoms with Crippen LogP contribution in [0, 0.1) is 17.1 Å². The maximum absolute atomic E-state index is 13.3. The molecule has 0 saturated heterocycles. The molecule has 3 aromatic rings. The molecule has 0 unspecified atom stereocenters. The van der Waals surface area contributed by atoms with Crippen molar-refractivity contribution in [1.82, 2.24) is 15.6 Å². The Balaban J connectivity index is 1.57. The fourth-order valence-electron chi connectivity index (χ4n) is 2.46. The minimum Gasteiger partial charge on any atom is -0.439 e. The van der Waals surface area contributed by atoms with Crippen molar-refractivity contribution in [2.45, 2.75) is 13.1 Å². The van der Waals surface area contributed by atoms with Crippen LogP contribution in [0.25, 0.3) is 0 Å². The van der Waals surface area contributed by atoms with Crippen LogP contribution in [0.2, 0.25) is 0 Å². The topological polar surface area (TPSA) is 87.0 Å². The maximum Gasteiger partial charge on any atom is 0.315 e. The highest BCUT2D eigenvalue weighted by Gasteiger charge is 2.09. The number of amides is 2. The Morgan fingerprint density at radius 1 is 1.07 bits per heavy atom. The molecular formula is C21H17FN4O2. The van der Waals surface area contributed by atoms with Crippen LogP contribution in [0.1, 0.15) is 16.7 Å². The molecule has 28 heavy (non-hydrogen) atoms. The fraction of sp³-hybridized carbons (Fsp3) is 0.0952. The van der Waals surface area contributed by atoms with Crippen LogP contribution in [0.4, 0.5) is 9.18 Å². The first kappa shape index (κ1) is 18.9. The second-order valence-electron chi connectivity index (χ2n) is 5.88. The van der Waals surface area contributed by atoms with Crippen LogP contribution in [-0.4, -0.2) is 11.0 Å². The summed E-state index contributed by atoms with van der Waals surface area (Å²) in [5.74, 6) is 0.199. The third-order valence-electron chi connectivity index (χ3n) is 3.81. The van der Waals surface area contributed by atoms with Crippen molar-refractivity contribution in [2.75, 3.05) is 0 Å². The second-order valence-corrected chi connectivity index (χ2v) is 5.88. The molecule has 0 aliphatic rings. The number of carbonyl (C=O) groups excluding carboxylic acids is 1. The Bertz CT molecular complexity index is 1020. The van der Waals surface area contributed by atoms with Gasteiger partial charge in [-0.05, 0) is 35.9 Å². The number of pyridine rings is 1. The zero-order chi connectivity index (χ0) is 19.8. The van der Waals surface area contributed by atoms with Gasteiger partial charge in [-0.15, -0.1) is 0 Å². The van der Waals surface area contributed by atoms with Gasteiger partial charge in [0.25, 0.3) is 0 Å². The summed E-state index contributed by atoms with van der Waals surface area (Å²) in [6.45, 7) is 0.476. The van der Waals surface area contributed by atoms with Crippen molar-refractivity contribution in [1.29, 1.82) is 5.26 Å². The Labute approximate surface area is 161 Å². The highest BCUT2D eigenvalue weighted by molar-refractivity contribution is 5.73. The fourth-order valence-corrected chi connectivity index (χ4v) is 2.46. The first-order valence-corrected chi connectivity index (χ1v) is 8.52. The number of hydrogen-bond acceptors (Lipinski definition) is 4. The Morgan fingerprint density at radius 2 is 1.89 bits per heavy atom. The number of halogens is 1. The lowest BCUT2D eigenvalue weighted by molar-refractivity contribution is 0.240. The SMILES string of the molecule is N#Cc1cccc(CNC(=O)NCc2cccnc2Oc2cccc(F)c2)c1. The predicted molar refractivity (Wildman–Crippen MR) is 101 cm³/mol. The molecule has 0 atom stereocenters. The number of rotatable bonds is 6. The van der Waals surface area contributed by atoms with Gasteiger partial charge in [-0.3, -0.25) is 0 Å². The molecule has 1 aromatic heterocycles. The lowest BCUT2D eigenvalue weighted by atomic mass is 10.1. The Morgan fingerprint density at radius 3 is 2.71 bits per heavy atom. The number of hydrogen-bond donors (Lipinski definition) is 2. The van der Waals surface area contributed by atoms with Crippen molar-refractivity contribution in [3.63, 3.8) is 0 Å². The van der Waals surface area contributed by atoms with Crippen LogP contribution in [0.3, 0.4) is 0 Å². The molecule has 0 bridgehead atoms. The summed E-state index contributed by atoms with van der Waals surface area (Å²) in [5.41, 5.74) is 2.01. The molecule has 2 amide bonds. The summed E-state index contributed by atoms with van der Waals surface area (Å²) in [4.78, 5) is 16.2. The van der Waals surface area contributed by atoms with E-state index in [-0.39, 0.29) is 18.5 Å². The number of nitrogens with one attached hydrogen (secondary N) is 2. The number of ether oxygens (including phenoxy) is 1. The van der Waals surface area contributed by atoms with E-state index < -0.39 is 5.82 Å². The van der Waals surface area contributed by atoms with Gasteiger partial charge in [0.1, 0.15) is 11.6 Å². The van der Waals surface area contributed by atoms with Crippen molar-refractivity contribution in [2.24, 2.45) is 0 Å². The van der Waals surface area contributed by atoms with Gasteiger partial charge < -0.3 is 15.4 Å². The van der Waals surface area contributed by atoms with E-state index >= 15 is 0 Å². The molecule has 140 valence electrons. The third-order valence-corrected chi connectivity index (χ3v) is 3.81. The summed E-state index contributed by atoms with van der Waals surface area (Å²) in [5, 5.41) is 14.4. The second kappa shape index (κ2) is 9.14. The van der Waals surface area contributed by atoms with Crippen molar-refractivity contribution in [3.05, 3.63) is 89.4 Å². The van der Waals surface area contributed by atoms with E-state index in [1.807, 2.05) is 6.07 Å². The minimum atomic E-state index is -0.409. The maximum atomic E-state index is 13.3. The molecule has 2 aromatic carbocycles. The standard InChI is InChI=1S/C21H17FN4O2/c22-18-7-2-8-19(11-18)28-20-17(6-3-9-24-20)14-26-21(27)25-13-16-5-1-4-15(10-16)12-23/h1-11H,13-14H2,(H2,25,26,27). The largest absolute Gasteiger partial charge is 0.439 e. The molecule has 3 rings (SSSR count). The van der Waals surface area contributed by atoms with E-state index in [0.717, 1.165) is 5.56 Å². The van der Waals surface area contributed by atoms with Gasteiger partial charge in [0.15, 0.2) is 0 Å². The van der Waals surface area contributed by atoms with Crippen LogP contribution in [-0.2, 0) is 13.1 Å². The van der Waals surface area contributed by atoms with Crippen LogP contribution in [0.5, 0.6) is 11.6 Å². The van der Waals surface area contributed by atoms with E-state index in [1.54, 1.807) is 48.7 Å². The average Bonchev–Trinajstić information content (AvgIpc) is 2.72. The van der Waals surface area contributed by atoms with E-state index in [2.05, 4.69) is 21.7 Å². The summed E-state index contributed by atoms with van der Waals surface area (Å²) < 4.78 is 18.9. The molecule has 0 radical (unpaired) electrons. The first-order valence-electron chi connectivity index (χ1n) is 8.52. The Hall–Kier alpha value is -3.92. The van der Waals surface area contributed by atoms with E-state index in [4.69, 9.17) is 10.00 Å². The minimum absolute atomic E-state index is 0.183. The van der Waals surface area contributed by atoms with Gasteiger partial charge in [-0.1, -0.05) is 24.3 Å². The molecule has 2 N–H and O–H groups in total. The van der Waals surface area contributed by atoms with Gasteiger partial charge in [-0.2, -0.15) is 5.26 Å². The summed E-state index contributed by atoms with van der Waals surface area (Å²) in [6.07, 6.45) is 1.56. The number of aromatic nitrogens is 1. The molecule has 1 heterocycles. The summed E-state index contributed by atoms with van der Waals surface area (Å²) in [6, 6.07) is 17.9. The highest BCUT2D eigenvalue weighted by atomic mass is 19.1. The van der Waals surface area contributed by atoms with Crippen LogP contribution >= 0.6 is 0 Å². The van der Waals surface area contributed by atoms with E-state index in [0.29, 0.717) is 23.4 Å². The summed E-state index contributed by atoms with van der Waals surface area (Å²) >= 11 is 0. The number of benzene rings is 2. The first-order chi connectivity index (χ1) is 13.6. The molecule has 0 spiro atoms. The molecule has 6 nitrogen and oxygen atoms in total. The van der Waals surface area contributed by atoms with Crippen LogP contribution < -0.4 is 15.4 Å². The normalized spacial score (nSPS) is 10.0. The van der Waals surface area contributed by atoms with Gasteiger partial charge >= 0.3 is 6.03 Å². The summed E-state index contributed by atoms with van der Waals surface area (Å²) in [7, 11) is 0. The highest BCUT2D eigenvalue weighted by Crippen LogP contribution is 2.23. The number of nitrogens with zero attached hydrogens (tertiary/aromatic N) is 2. The number of urea groups is 1. The van der Waals surface area contributed by atoms with Crippen molar-refractivity contribution >= 4 is 6.03 Å². The van der Waals surface area contributed by atoms with Gasteiger partial charge in [0.05, 0.1) is 11.6 Å². The molecule has 0 aliphatic heterocycles. The number of carbonyl (C=O) groups is 1. The zero-order valence-electron chi connectivity index (χ0n) is 14.9. The third kappa shape index (κ3) is 5.29.